The molecule has 22 heavy (non-hydrogen) atoms. The molecular formula is C13H18Br2N2O5. The van der Waals surface area contributed by atoms with Crippen molar-refractivity contribution in [3.63, 3.8) is 0 Å². The van der Waals surface area contributed by atoms with E-state index in [2.05, 4.69) is 31.9 Å². The standard InChI is InChI=1S/C13H18Br2N2O5/c14-7-21-11(18)9-3-1-5-16(9)13(20)17-6-2-4-10(17)12(19)22-8-15/h9-10H,1-8H2/t9-,10-/m0/s1. The van der Waals surface area contributed by atoms with Crippen LogP contribution in [0.5, 0.6) is 0 Å². The number of amides is 2. The summed E-state index contributed by atoms with van der Waals surface area (Å²) >= 11 is 6.09. The van der Waals surface area contributed by atoms with Crippen LogP contribution in [0, 0.1) is 0 Å². The first-order chi connectivity index (χ1) is 10.6. The van der Waals surface area contributed by atoms with Crippen molar-refractivity contribution >= 4 is 49.8 Å². The van der Waals surface area contributed by atoms with Gasteiger partial charge >= 0.3 is 18.0 Å². The number of likely N-dealkylation sites (tertiary alicyclic amines) is 2. The average Bonchev–Trinajstić information content (AvgIpc) is 3.16. The van der Waals surface area contributed by atoms with Crippen LogP contribution >= 0.6 is 31.9 Å². The molecule has 0 aromatic heterocycles. The predicted molar refractivity (Wildman–Crippen MR) is 84.6 cm³/mol. The summed E-state index contributed by atoms with van der Waals surface area (Å²) in [5.74, 6) is -0.831. The van der Waals surface area contributed by atoms with Crippen molar-refractivity contribution in [2.24, 2.45) is 0 Å². The molecule has 2 heterocycles. The van der Waals surface area contributed by atoms with Gasteiger partial charge in [0.1, 0.15) is 23.1 Å². The minimum absolute atomic E-state index is 0.105. The van der Waals surface area contributed by atoms with Crippen LogP contribution in [0.15, 0.2) is 0 Å². The molecule has 9 heteroatoms. The third-order valence-electron chi connectivity index (χ3n) is 3.93. The van der Waals surface area contributed by atoms with Gasteiger partial charge in [-0.15, -0.1) is 0 Å². The number of esters is 2. The summed E-state index contributed by atoms with van der Waals surface area (Å²) in [6.07, 6.45) is 2.67. The van der Waals surface area contributed by atoms with E-state index in [0.29, 0.717) is 25.9 Å². The summed E-state index contributed by atoms with van der Waals surface area (Å²) in [6.45, 7) is 0.995. The normalized spacial score (nSPS) is 24.5. The van der Waals surface area contributed by atoms with Crippen LogP contribution in [0.2, 0.25) is 0 Å². The highest BCUT2D eigenvalue weighted by atomic mass is 79.9. The van der Waals surface area contributed by atoms with E-state index in [1.54, 1.807) is 0 Å². The Morgan fingerprint density at radius 2 is 1.27 bits per heavy atom. The topological polar surface area (TPSA) is 76.2 Å². The number of carbonyl (C=O) groups is 3. The predicted octanol–water partition coefficient (Wildman–Crippen LogP) is 1.83. The van der Waals surface area contributed by atoms with Crippen LogP contribution in [-0.4, -0.2) is 64.0 Å². The summed E-state index contributed by atoms with van der Waals surface area (Å²) in [6, 6.07) is -1.43. The Morgan fingerprint density at radius 3 is 1.64 bits per heavy atom. The monoisotopic (exact) mass is 440 g/mol. The van der Waals surface area contributed by atoms with Gasteiger partial charge in [-0.05, 0) is 57.5 Å². The number of ether oxygens (including phenoxy) is 2. The van der Waals surface area contributed by atoms with Gasteiger partial charge in [0.05, 0.1) is 0 Å². The van der Waals surface area contributed by atoms with Crippen molar-refractivity contribution in [3.05, 3.63) is 0 Å². The largest absolute Gasteiger partial charge is 0.453 e. The summed E-state index contributed by atoms with van der Waals surface area (Å²) < 4.78 is 9.90. The molecule has 0 bridgehead atoms. The molecule has 2 atom stereocenters. The number of halogens is 2. The Kier molecular flexibility index (Phi) is 6.49. The van der Waals surface area contributed by atoms with E-state index in [1.807, 2.05) is 0 Å². The van der Waals surface area contributed by atoms with Gasteiger partial charge in [-0.25, -0.2) is 14.4 Å². The number of alkyl halides is 2. The molecule has 2 aliphatic rings. The second kappa shape index (κ2) is 8.14. The summed E-state index contributed by atoms with van der Waals surface area (Å²) in [5.41, 5.74) is 0.211. The van der Waals surface area contributed by atoms with E-state index in [0.717, 1.165) is 12.8 Å². The van der Waals surface area contributed by atoms with Crippen LogP contribution in [0.1, 0.15) is 25.7 Å². The molecule has 0 aromatic rings. The minimum atomic E-state index is -0.571. The third-order valence-corrected chi connectivity index (χ3v) is 4.39. The quantitative estimate of drug-likeness (QED) is 0.491. The highest BCUT2D eigenvalue weighted by molar-refractivity contribution is 9.09. The lowest BCUT2D eigenvalue weighted by atomic mass is 10.2. The summed E-state index contributed by atoms with van der Waals surface area (Å²) in [7, 11) is 0. The number of urea groups is 1. The van der Waals surface area contributed by atoms with E-state index < -0.39 is 24.0 Å². The summed E-state index contributed by atoms with van der Waals surface area (Å²) in [4.78, 5) is 39.6. The first-order valence-corrected chi connectivity index (χ1v) is 9.37. The molecule has 2 aliphatic heterocycles. The smallest absolute Gasteiger partial charge is 0.329 e. The Bertz CT molecular complexity index is 410. The second-order valence-electron chi connectivity index (χ2n) is 5.13. The van der Waals surface area contributed by atoms with E-state index in [1.165, 1.54) is 9.80 Å². The molecule has 0 unspecified atom stereocenters. The lowest BCUT2D eigenvalue weighted by Gasteiger charge is -2.30. The van der Waals surface area contributed by atoms with Crippen LogP contribution in [-0.2, 0) is 19.1 Å². The average molecular weight is 442 g/mol. The molecule has 0 aromatic carbocycles. The Labute approximate surface area is 145 Å². The van der Waals surface area contributed by atoms with Crippen LogP contribution in [0.25, 0.3) is 0 Å². The first-order valence-electron chi connectivity index (χ1n) is 7.12. The van der Waals surface area contributed by atoms with Crippen molar-refractivity contribution in [1.29, 1.82) is 0 Å². The van der Waals surface area contributed by atoms with Crippen molar-refractivity contribution in [3.8, 4) is 0 Å². The van der Waals surface area contributed by atoms with Gasteiger partial charge in [-0.1, -0.05) is 0 Å². The van der Waals surface area contributed by atoms with Gasteiger partial charge < -0.3 is 19.3 Å². The Morgan fingerprint density at radius 1 is 0.864 bits per heavy atom. The number of nitrogens with zero attached hydrogens (tertiary/aromatic N) is 2. The van der Waals surface area contributed by atoms with Crippen molar-refractivity contribution < 1.29 is 23.9 Å². The number of hydrogen-bond donors (Lipinski definition) is 0. The van der Waals surface area contributed by atoms with Gasteiger partial charge in [-0.3, -0.25) is 0 Å². The third kappa shape index (κ3) is 3.73. The van der Waals surface area contributed by atoms with E-state index in [9.17, 15) is 14.4 Å². The highest BCUT2D eigenvalue weighted by Crippen LogP contribution is 2.25. The first kappa shape index (κ1) is 17.5. The maximum atomic E-state index is 12.7. The summed E-state index contributed by atoms with van der Waals surface area (Å²) in [5, 5.41) is 0. The second-order valence-corrected chi connectivity index (χ2v) is 6.05. The molecule has 2 saturated heterocycles. The Hall–Kier alpha value is -0.830. The molecule has 0 saturated carbocycles. The van der Waals surface area contributed by atoms with Crippen LogP contribution in [0.4, 0.5) is 4.79 Å². The molecule has 0 spiro atoms. The van der Waals surface area contributed by atoms with E-state index in [-0.39, 0.29) is 17.1 Å². The molecule has 2 amide bonds. The number of rotatable bonds is 4. The molecule has 0 aliphatic carbocycles. The molecule has 0 radical (unpaired) electrons. The maximum Gasteiger partial charge on any atom is 0.329 e. The fourth-order valence-electron chi connectivity index (χ4n) is 2.95. The van der Waals surface area contributed by atoms with Crippen LogP contribution in [0.3, 0.4) is 0 Å². The van der Waals surface area contributed by atoms with Crippen molar-refractivity contribution in [2.75, 3.05) is 24.1 Å². The van der Waals surface area contributed by atoms with Crippen molar-refractivity contribution in [2.45, 2.75) is 37.8 Å². The van der Waals surface area contributed by atoms with Gasteiger partial charge in [-0.2, -0.15) is 0 Å². The molecule has 2 rings (SSSR count). The Balaban J connectivity index is 2.06. The number of hydrogen-bond acceptors (Lipinski definition) is 5. The molecule has 0 N–H and O–H groups in total. The molecule has 2 fully saturated rings. The molecule has 7 nitrogen and oxygen atoms in total. The molecule has 124 valence electrons. The SMILES string of the molecule is O=C(OCBr)[C@@H]1CCCN1C(=O)N1CCC[C@H]1C(=O)OCBr. The zero-order valence-electron chi connectivity index (χ0n) is 12.0. The fourth-order valence-corrected chi connectivity index (χ4v) is 3.40. The highest BCUT2D eigenvalue weighted by Gasteiger charge is 2.42. The van der Waals surface area contributed by atoms with E-state index >= 15 is 0 Å². The molecular weight excluding hydrogens is 424 g/mol. The van der Waals surface area contributed by atoms with Gasteiger partial charge in [0.25, 0.3) is 0 Å². The van der Waals surface area contributed by atoms with E-state index in [4.69, 9.17) is 9.47 Å². The lowest BCUT2D eigenvalue weighted by molar-refractivity contribution is -0.146. The lowest BCUT2D eigenvalue weighted by Crippen LogP contribution is -2.51. The number of carbonyl (C=O) groups excluding carboxylic acids is 3. The zero-order chi connectivity index (χ0) is 16.1. The van der Waals surface area contributed by atoms with Gasteiger partial charge in [0.15, 0.2) is 0 Å². The fraction of sp³-hybridized carbons (Fsp3) is 0.769. The van der Waals surface area contributed by atoms with Gasteiger partial charge in [0.2, 0.25) is 0 Å². The van der Waals surface area contributed by atoms with Crippen molar-refractivity contribution in [1.82, 2.24) is 9.80 Å². The minimum Gasteiger partial charge on any atom is -0.453 e. The maximum absolute atomic E-state index is 12.7. The van der Waals surface area contributed by atoms with Crippen LogP contribution < -0.4 is 0 Å². The zero-order valence-corrected chi connectivity index (χ0v) is 15.2. The van der Waals surface area contributed by atoms with Gasteiger partial charge in [0, 0.05) is 13.1 Å².